The minimum Gasteiger partial charge on any atom is -0.373 e. The Kier molecular flexibility index (Phi) is 10.8. The number of nitrogens with zero attached hydrogens (tertiary/aromatic N) is 2. The lowest BCUT2D eigenvalue weighted by atomic mass is 10.2. The van der Waals surface area contributed by atoms with Gasteiger partial charge in [0.15, 0.2) is 0 Å². The molecule has 224 valence electrons. The fourth-order valence-corrected chi connectivity index (χ4v) is 6.37. The molecule has 0 spiro atoms. The molecule has 3 heterocycles. The number of rotatable bonds is 12. The Hall–Kier alpha value is -1.66. The van der Waals surface area contributed by atoms with Crippen molar-refractivity contribution in [1.29, 1.82) is 0 Å². The van der Waals surface area contributed by atoms with Crippen LogP contribution in [-0.4, -0.2) is 66.0 Å². The lowest BCUT2D eigenvalue weighted by Crippen LogP contribution is -2.34. The van der Waals surface area contributed by atoms with Gasteiger partial charge in [0.05, 0.1) is 18.8 Å². The molecule has 0 saturated carbocycles. The van der Waals surface area contributed by atoms with Crippen LogP contribution < -0.4 is 22.5 Å². The van der Waals surface area contributed by atoms with Crippen LogP contribution in [0.15, 0.2) is 31.6 Å². The molecule has 2 aromatic heterocycles. The van der Waals surface area contributed by atoms with Gasteiger partial charge in [-0.3, -0.25) is 28.7 Å². The van der Waals surface area contributed by atoms with Crippen molar-refractivity contribution >= 4 is 37.1 Å². The third kappa shape index (κ3) is 8.44. The highest BCUT2D eigenvalue weighted by Gasteiger charge is 2.41. The first-order chi connectivity index (χ1) is 18.5. The molecule has 5 N–H and O–H groups in total. The molecule has 20 heteroatoms. The number of hydrogen-bond acceptors (Lipinski definition) is 12. The van der Waals surface area contributed by atoms with Gasteiger partial charge in [-0.15, -0.1) is 0 Å². The zero-order chi connectivity index (χ0) is 30.0. The van der Waals surface area contributed by atoms with Crippen molar-refractivity contribution in [2.75, 3.05) is 13.7 Å². The normalized spacial score (nSPS) is 23.8. The molecule has 0 radical (unpaired) electrons. The Balaban J connectivity index is 1.69. The van der Waals surface area contributed by atoms with Crippen molar-refractivity contribution in [2.45, 2.75) is 64.4 Å². The van der Waals surface area contributed by atoms with Gasteiger partial charge in [-0.1, -0.05) is 0 Å². The summed E-state index contributed by atoms with van der Waals surface area (Å²) in [5.41, 5.74) is -2.26. The van der Waals surface area contributed by atoms with E-state index in [0.717, 1.165) is 16.2 Å². The Morgan fingerprint density at radius 2 is 1.68 bits per heavy atom. The topological polar surface area (TPSA) is 217 Å². The SMILES string of the molecule is COP(O)(=S)OC1C[C@H](n2cc(C)c(=O)[nH]c2=O)O[C@@H]1COP(O)(=S)OC(C)CC(O)n1cc(C)c(=O)[nH]c1=O. The summed E-state index contributed by atoms with van der Waals surface area (Å²) in [5, 5.41) is 10.4. The second-order valence-electron chi connectivity index (χ2n) is 9.01. The lowest BCUT2D eigenvalue weighted by molar-refractivity contribution is -0.0434. The van der Waals surface area contributed by atoms with Crippen LogP contribution in [0.1, 0.15) is 43.3 Å². The predicted molar refractivity (Wildman–Crippen MR) is 148 cm³/mol. The molecule has 5 unspecified atom stereocenters. The average Bonchev–Trinajstić information content (AvgIpc) is 3.23. The summed E-state index contributed by atoms with van der Waals surface area (Å²) in [6.07, 6.45) is -2.97. The van der Waals surface area contributed by atoms with Crippen molar-refractivity contribution in [3.05, 3.63) is 65.2 Å². The number of ether oxygens (including phenoxy) is 1. The molecule has 0 bridgehead atoms. The van der Waals surface area contributed by atoms with Gasteiger partial charge in [-0.2, -0.15) is 0 Å². The molecule has 0 aromatic carbocycles. The van der Waals surface area contributed by atoms with Crippen LogP contribution in [0.5, 0.6) is 0 Å². The number of H-pyrrole nitrogens is 2. The van der Waals surface area contributed by atoms with E-state index in [4.69, 9.17) is 46.4 Å². The van der Waals surface area contributed by atoms with Crippen LogP contribution in [0, 0.1) is 13.8 Å². The zero-order valence-electron chi connectivity index (χ0n) is 21.8. The van der Waals surface area contributed by atoms with Crippen LogP contribution in [0.3, 0.4) is 0 Å². The second kappa shape index (κ2) is 13.1. The van der Waals surface area contributed by atoms with E-state index in [0.29, 0.717) is 0 Å². The molecule has 0 aliphatic carbocycles. The first-order valence-electron chi connectivity index (χ1n) is 11.7. The molecule has 1 aliphatic heterocycles. The first kappa shape index (κ1) is 32.8. The summed E-state index contributed by atoms with van der Waals surface area (Å²) in [6, 6.07) is 0. The summed E-state index contributed by atoms with van der Waals surface area (Å²) >= 11 is 10.0. The number of aromatic nitrogens is 4. The maximum Gasteiger partial charge on any atom is 0.330 e. The van der Waals surface area contributed by atoms with E-state index in [1.54, 1.807) is 0 Å². The Bertz CT molecular complexity index is 1560. The molecule has 0 amide bonds. The fraction of sp³-hybridized carbons (Fsp3) is 0.600. The molecular formula is C20H30N4O12P2S2. The van der Waals surface area contributed by atoms with E-state index < -0.39 is 73.3 Å². The fourth-order valence-electron chi connectivity index (χ4n) is 3.83. The van der Waals surface area contributed by atoms with Gasteiger partial charge >= 0.3 is 24.8 Å². The van der Waals surface area contributed by atoms with Crippen LogP contribution in [-0.2, 0) is 46.4 Å². The van der Waals surface area contributed by atoms with Gasteiger partial charge in [0.2, 0.25) is 0 Å². The predicted octanol–water partition coefficient (Wildman–Crippen LogP) is -0.241. The molecule has 7 atom stereocenters. The third-order valence-corrected chi connectivity index (χ3v) is 9.24. The van der Waals surface area contributed by atoms with E-state index in [2.05, 4.69) is 9.97 Å². The van der Waals surface area contributed by atoms with Crippen LogP contribution in [0.4, 0.5) is 0 Å². The highest BCUT2D eigenvalue weighted by Crippen LogP contribution is 2.50. The summed E-state index contributed by atoms with van der Waals surface area (Å²) in [4.78, 5) is 72.7. The zero-order valence-corrected chi connectivity index (χ0v) is 25.2. The highest BCUT2D eigenvalue weighted by molar-refractivity contribution is 8.07. The number of aromatic amines is 2. The molecule has 16 nitrogen and oxygen atoms in total. The minimum absolute atomic E-state index is 0.00713. The van der Waals surface area contributed by atoms with Crippen LogP contribution in [0.2, 0.25) is 0 Å². The standard InChI is InChI=1S/C20H30N4O12P2S2/c1-10-7-23(19(28)21-17(10)26)15(25)5-12(3)35-38(31,40)33-9-14-13(36-37(30,39)32-4)6-16(34-14)24-8-11(2)18(27)22-20(24)29/h7-8,12-16,25H,5-6,9H2,1-4H3,(H,30,39)(H,31,40)(H,21,26,28)(H,22,27,29)/t12?,13?,14-,15?,16-,37?,38?/m1/s1. The Morgan fingerprint density at radius 3 is 2.30 bits per heavy atom. The summed E-state index contributed by atoms with van der Waals surface area (Å²) in [7, 11) is 1.16. The molecule has 2 aromatic rings. The molecule has 40 heavy (non-hydrogen) atoms. The maximum absolute atomic E-state index is 12.4. The molecular weight excluding hydrogens is 614 g/mol. The average molecular weight is 645 g/mol. The molecule has 1 fully saturated rings. The van der Waals surface area contributed by atoms with Gasteiger partial charge in [-0.05, 0) is 44.4 Å². The largest absolute Gasteiger partial charge is 0.373 e. The van der Waals surface area contributed by atoms with Gasteiger partial charge in [-0.25, -0.2) is 9.59 Å². The smallest absolute Gasteiger partial charge is 0.330 e. The van der Waals surface area contributed by atoms with Crippen molar-refractivity contribution < 1.29 is 37.7 Å². The highest BCUT2D eigenvalue weighted by atomic mass is 32.5. The molecule has 3 rings (SSSR count). The lowest BCUT2D eigenvalue weighted by Gasteiger charge is -2.26. The van der Waals surface area contributed by atoms with Gasteiger partial charge in [0.25, 0.3) is 11.1 Å². The van der Waals surface area contributed by atoms with Crippen molar-refractivity contribution in [3.8, 4) is 0 Å². The van der Waals surface area contributed by atoms with Crippen LogP contribution >= 0.6 is 13.4 Å². The van der Waals surface area contributed by atoms with Gasteiger partial charge < -0.3 is 37.7 Å². The quantitative estimate of drug-likeness (QED) is 0.189. The number of aliphatic hydroxyl groups excluding tert-OH is 1. The second-order valence-corrected chi connectivity index (χ2v) is 14.7. The van der Waals surface area contributed by atoms with Crippen molar-refractivity contribution in [2.24, 2.45) is 0 Å². The summed E-state index contributed by atoms with van der Waals surface area (Å²) < 4.78 is 29.1. The third-order valence-electron chi connectivity index (χ3n) is 5.86. The molecule has 1 saturated heterocycles. The van der Waals surface area contributed by atoms with E-state index in [1.807, 2.05) is 0 Å². The number of aryl methyl sites for hydroxylation is 2. The number of nitrogens with one attached hydrogen (secondary N) is 2. The molecule has 1 aliphatic rings. The van der Waals surface area contributed by atoms with Gasteiger partial charge in [0, 0.05) is 43.5 Å². The van der Waals surface area contributed by atoms with E-state index in [-0.39, 0.29) is 24.0 Å². The van der Waals surface area contributed by atoms with E-state index >= 15 is 0 Å². The minimum atomic E-state index is -3.96. The summed E-state index contributed by atoms with van der Waals surface area (Å²) in [6.45, 7) is -3.62. The Labute approximate surface area is 237 Å². The van der Waals surface area contributed by atoms with Crippen LogP contribution in [0.25, 0.3) is 0 Å². The number of hydrogen-bond donors (Lipinski definition) is 5. The monoisotopic (exact) mass is 644 g/mol. The first-order valence-corrected chi connectivity index (χ1v) is 16.9. The van der Waals surface area contributed by atoms with Gasteiger partial charge in [0.1, 0.15) is 18.6 Å². The summed E-state index contributed by atoms with van der Waals surface area (Å²) in [5.74, 6) is 0. The van der Waals surface area contributed by atoms with Crippen molar-refractivity contribution in [1.82, 2.24) is 19.1 Å². The van der Waals surface area contributed by atoms with E-state index in [9.17, 15) is 34.1 Å². The van der Waals surface area contributed by atoms with E-state index in [1.165, 1.54) is 33.2 Å². The Morgan fingerprint density at radius 1 is 1.07 bits per heavy atom. The van der Waals surface area contributed by atoms with Crippen molar-refractivity contribution in [3.63, 3.8) is 0 Å². The maximum atomic E-state index is 12.4. The number of aliphatic hydroxyl groups is 1.